The molecule has 1 amide bonds. The summed E-state index contributed by atoms with van der Waals surface area (Å²) >= 11 is 0. The van der Waals surface area contributed by atoms with Crippen molar-refractivity contribution < 1.29 is 9.21 Å². The van der Waals surface area contributed by atoms with Crippen LogP contribution in [0.25, 0.3) is 10.8 Å². The summed E-state index contributed by atoms with van der Waals surface area (Å²) in [5.41, 5.74) is 0.667. The Labute approximate surface area is 135 Å². The van der Waals surface area contributed by atoms with E-state index in [1.165, 1.54) is 0 Å². The number of nitrogens with one attached hydrogen (secondary N) is 1. The first kappa shape index (κ1) is 15.3. The van der Waals surface area contributed by atoms with Crippen LogP contribution in [0.5, 0.6) is 0 Å². The van der Waals surface area contributed by atoms with Crippen LogP contribution in [0.4, 0.5) is 0 Å². The number of benzene rings is 2. The Balaban J connectivity index is 1.72. The molecule has 3 rings (SSSR count). The van der Waals surface area contributed by atoms with Gasteiger partial charge in [0.25, 0.3) is 5.91 Å². The summed E-state index contributed by atoms with van der Waals surface area (Å²) in [6, 6.07) is 17.6. The Kier molecular flexibility index (Phi) is 4.44. The molecule has 0 unspecified atom stereocenters. The van der Waals surface area contributed by atoms with E-state index >= 15 is 0 Å². The standard InChI is InChI=1S/C19H20N2O2/c1-21(2)17(18-8-5-11-23-18)13-20-19(22)16-10-9-14-6-3-4-7-15(14)12-16/h3-12,17H,13H2,1-2H3,(H,20,22)/t17-/m0/s1. The summed E-state index contributed by atoms with van der Waals surface area (Å²) in [5.74, 6) is 0.767. The third kappa shape index (κ3) is 3.43. The molecule has 0 saturated carbocycles. The Bertz CT molecular complexity index is 794. The Morgan fingerprint density at radius 1 is 1.09 bits per heavy atom. The number of carbonyl (C=O) groups excluding carboxylic acids is 1. The molecule has 2 aromatic carbocycles. The lowest BCUT2D eigenvalue weighted by atomic mass is 10.1. The molecule has 0 aliphatic heterocycles. The number of furan rings is 1. The fraction of sp³-hybridized carbons (Fsp3) is 0.211. The van der Waals surface area contributed by atoms with Crippen LogP contribution in [-0.4, -0.2) is 31.4 Å². The van der Waals surface area contributed by atoms with Crippen LogP contribution in [-0.2, 0) is 0 Å². The van der Waals surface area contributed by atoms with Crippen LogP contribution in [0, 0.1) is 0 Å². The van der Waals surface area contributed by atoms with Crippen molar-refractivity contribution in [2.45, 2.75) is 6.04 Å². The molecule has 0 bridgehead atoms. The lowest BCUT2D eigenvalue weighted by Crippen LogP contribution is -2.34. The molecule has 0 aliphatic rings. The smallest absolute Gasteiger partial charge is 0.251 e. The number of likely N-dealkylation sites (N-methyl/N-ethyl adjacent to an activating group) is 1. The highest BCUT2D eigenvalue weighted by Crippen LogP contribution is 2.19. The van der Waals surface area contributed by atoms with Gasteiger partial charge >= 0.3 is 0 Å². The molecule has 1 aromatic heterocycles. The number of hydrogen-bond acceptors (Lipinski definition) is 3. The van der Waals surface area contributed by atoms with Crippen LogP contribution in [0.15, 0.2) is 65.3 Å². The van der Waals surface area contributed by atoms with Crippen LogP contribution in [0.2, 0.25) is 0 Å². The molecule has 1 N–H and O–H groups in total. The number of amides is 1. The third-order valence-corrected chi connectivity index (χ3v) is 3.96. The number of hydrogen-bond donors (Lipinski definition) is 1. The van der Waals surface area contributed by atoms with Crippen LogP contribution in [0.1, 0.15) is 22.2 Å². The van der Waals surface area contributed by atoms with Crippen LogP contribution in [0.3, 0.4) is 0 Å². The lowest BCUT2D eigenvalue weighted by molar-refractivity contribution is 0.0939. The second-order valence-electron chi connectivity index (χ2n) is 5.77. The second-order valence-corrected chi connectivity index (χ2v) is 5.77. The van der Waals surface area contributed by atoms with E-state index in [0.29, 0.717) is 12.1 Å². The summed E-state index contributed by atoms with van der Waals surface area (Å²) in [4.78, 5) is 14.5. The van der Waals surface area contributed by atoms with Gasteiger partial charge in [0.05, 0.1) is 12.3 Å². The largest absolute Gasteiger partial charge is 0.468 e. The van der Waals surface area contributed by atoms with Gasteiger partial charge in [-0.2, -0.15) is 0 Å². The average Bonchev–Trinajstić information content (AvgIpc) is 3.08. The van der Waals surface area contributed by atoms with Crippen molar-refractivity contribution in [2.75, 3.05) is 20.6 Å². The summed E-state index contributed by atoms with van der Waals surface area (Å²) in [6.07, 6.45) is 1.65. The highest BCUT2D eigenvalue weighted by Gasteiger charge is 2.18. The Morgan fingerprint density at radius 2 is 1.87 bits per heavy atom. The topological polar surface area (TPSA) is 45.5 Å². The van der Waals surface area contributed by atoms with Gasteiger partial charge in [-0.3, -0.25) is 9.69 Å². The molecule has 1 atom stereocenters. The summed E-state index contributed by atoms with van der Waals surface area (Å²) in [5, 5.41) is 5.19. The monoisotopic (exact) mass is 308 g/mol. The van der Waals surface area contributed by atoms with E-state index in [0.717, 1.165) is 16.5 Å². The predicted octanol–water partition coefficient (Wildman–Crippen LogP) is 3.47. The molecule has 0 spiro atoms. The van der Waals surface area contributed by atoms with Gasteiger partial charge < -0.3 is 9.73 Å². The molecule has 0 fully saturated rings. The Hall–Kier alpha value is -2.59. The van der Waals surface area contributed by atoms with Gasteiger partial charge in [0, 0.05) is 12.1 Å². The first-order chi connectivity index (χ1) is 11.1. The molecular weight excluding hydrogens is 288 g/mol. The highest BCUT2D eigenvalue weighted by atomic mass is 16.3. The minimum atomic E-state index is -0.0749. The second kappa shape index (κ2) is 6.67. The molecular formula is C19H20N2O2. The summed E-state index contributed by atoms with van der Waals surface area (Å²) in [7, 11) is 3.94. The van der Waals surface area contributed by atoms with Crippen molar-refractivity contribution in [3.63, 3.8) is 0 Å². The van der Waals surface area contributed by atoms with E-state index in [1.807, 2.05) is 73.6 Å². The third-order valence-electron chi connectivity index (χ3n) is 3.96. The zero-order valence-electron chi connectivity index (χ0n) is 13.3. The molecule has 0 saturated heterocycles. The maximum Gasteiger partial charge on any atom is 0.251 e. The van der Waals surface area contributed by atoms with Crippen molar-refractivity contribution in [1.82, 2.24) is 10.2 Å². The van der Waals surface area contributed by atoms with Gasteiger partial charge in [0.1, 0.15) is 5.76 Å². The van der Waals surface area contributed by atoms with E-state index < -0.39 is 0 Å². The quantitative estimate of drug-likeness (QED) is 0.785. The SMILES string of the molecule is CN(C)[C@@H](CNC(=O)c1ccc2ccccc2c1)c1ccco1. The van der Waals surface area contributed by atoms with Crippen molar-refractivity contribution in [3.05, 3.63) is 72.2 Å². The Morgan fingerprint density at radius 3 is 2.57 bits per heavy atom. The minimum Gasteiger partial charge on any atom is -0.468 e. The van der Waals surface area contributed by atoms with Crippen LogP contribution < -0.4 is 5.32 Å². The average molecular weight is 308 g/mol. The molecule has 3 aromatic rings. The van der Waals surface area contributed by atoms with E-state index in [1.54, 1.807) is 6.26 Å². The van der Waals surface area contributed by atoms with Gasteiger partial charge in [0.2, 0.25) is 0 Å². The van der Waals surface area contributed by atoms with Gasteiger partial charge in [-0.1, -0.05) is 30.3 Å². The number of rotatable bonds is 5. The number of carbonyl (C=O) groups is 1. The summed E-state index contributed by atoms with van der Waals surface area (Å²) < 4.78 is 5.46. The first-order valence-electron chi connectivity index (χ1n) is 7.62. The molecule has 4 nitrogen and oxygen atoms in total. The predicted molar refractivity (Wildman–Crippen MR) is 91.4 cm³/mol. The molecule has 118 valence electrons. The summed E-state index contributed by atoms with van der Waals surface area (Å²) in [6.45, 7) is 0.492. The van der Waals surface area contributed by atoms with Crippen LogP contribution >= 0.6 is 0 Å². The van der Waals surface area contributed by atoms with E-state index in [2.05, 4.69) is 5.32 Å². The highest BCUT2D eigenvalue weighted by molar-refractivity contribution is 5.98. The van der Waals surface area contributed by atoms with E-state index in [4.69, 9.17) is 4.42 Å². The van der Waals surface area contributed by atoms with Crippen molar-refractivity contribution in [3.8, 4) is 0 Å². The lowest BCUT2D eigenvalue weighted by Gasteiger charge is -2.22. The minimum absolute atomic E-state index is 0.00871. The van der Waals surface area contributed by atoms with Gasteiger partial charge in [0.15, 0.2) is 0 Å². The first-order valence-corrected chi connectivity index (χ1v) is 7.62. The molecule has 4 heteroatoms. The van der Waals surface area contributed by atoms with Gasteiger partial charge in [-0.05, 0) is 49.1 Å². The number of nitrogens with zero attached hydrogens (tertiary/aromatic N) is 1. The fourth-order valence-corrected chi connectivity index (χ4v) is 2.64. The maximum absolute atomic E-state index is 12.4. The zero-order valence-corrected chi connectivity index (χ0v) is 13.3. The number of fused-ring (bicyclic) bond motifs is 1. The van der Waals surface area contributed by atoms with Gasteiger partial charge in [-0.15, -0.1) is 0 Å². The molecule has 0 aliphatic carbocycles. The van der Waals surface area contributed by atoms with Crippen molar-refractivity contribution in [2.24, 2.45) is 0 Å². The van der Waals surface area contributed by atoms with Crippen molar-refractivity contribution in [1.29, 1.82) is 0 Å². The van der Waals surface area contributed by atoms with E-state index in [9.17, 15) is 4.79 Å². The maximum atomic E-state index is 12.4. The zero-order chi connectivity index (χ0) is 16.2. The van der Waals surface area contributed by atoms with Gasteiger partial charge in [-0.25, -0.2) is 0 Å². The normalized spacial score (nSPS) is 12.5. The fourth-order valence-electron chi connectivity index (χ4n) is 2.64. The molecule has 0 radical (unpaired) electrons. The van der Waals surface area contributed by atoms with Crippen molar-refractivity contribution >= 4 is 16.7 Å². The van der Waals surface area contributed by atoms with E-state index in [-0.39, 0.29) is 11.9 Å². The molecule has 23 heavy (non-hydrogen) atoms. The molecule has 1 heterocycles.